The number of alkyl halides is 2. The molecular formula is C11H11ClF2N2O2. The van der Waals surface area contributed by atoms with Crippen molar-refractivity contribution in [3.8, 4) is 5.75 Å². The quantitative estimate of drug-likeness (QED) is 0.892. The van der Waals surface area contributed by atoms with Gasteiger partial charge < -0.3 is 15.4 Å². The van der Waals surface area contributed by atoms with Crippen molar-refractivity contribution in [3.63, 3.8) is 0 Å². The second-order valence-corrected chi connectivity index (χ2v) is 4.34. The van der Waals surface area contributed by atoms with Gasteiger partial charge in [-0.2, -0.15) is 0 Å². The average Bonchev–Trinajstić information content (AvgIpc) is 2.30. The van der Waals surface area contributed by atoms with Gasteiger partial charge in [0, 0.05) is 6.07 Å². The van der Waals surface area contributed by atoms with Crippen LogP contribution < -0.4 is 15.4 Å². The molecule has 1 aliphatic rings. The van der Waals surface area contributed by atoms with E-state index in [1.165, 1.54) is 19.1 Å². The number of anilines is 2. The number of nitrogens with one attached hydrogen (secondary N) is 2. The number of carbonyl (C=O) groups is 1. The van der Waals surface area contributed by atoms with Crippen LogP contribution >= 0.6 is 11.6 Å². The molecule has 4 nitrogen and oxygen atoms in total. The molecule has 1 amide bonds. The molecule has 2 rings (SSSR count). The van der Waals surface area contributed by atoms with Crippen molar-refractivity contribution in [1.29, 1.82) is 0 Å². The van der Waals surface area contributed by atoms with Gasteiger partial charge in [0.2, 0.25) is 0 Å². The Hall–Kier alpha value is -1.56. The van der Waals surface area contributed by atoms with Crippen LogP contribution in [0.3, 0.4) is 0 Å². The number of hydrogen-bond acceptors (Lipinski definition) is 3. The molecule has 0 aromatic heterocycles. The van der Waals surface area contributed by atoms with Gasteiger partial charge in [-0.1, -0.05) is 11.6 Å². The molecule has 0 fully saturated rings. The van der Waals surface area contributed by atoms with Crippen LogP contribution in [-0.2, 0) is 4.79 Å². The smallest absolute Gasteiger partial charge is 0.262 e. The first-order valence-corrected chi connectivity index (χ1v) is 5.66. The summed E-state index contributed by atoms with van der Waals surface area (Å²) >= 11 is 5.94. The number of rotatable bonds is 3. The predicted octanol–water partition coefficient (Wildman–Crippen LogP) is 2.74. The average molecular weight is 277 g/mol. The second kappa shape index (κ2) is 4.97. The van der Waals surface area contributed by atoms with Gasteiger partial charge in [0.1, 0.15) is 5.75 Å². The minimum absolute atomic E-state index is 0.0987. The van der Waals surface area contributed by atoms with E-state index in [1.54, 1.807) is 0 Å². The summed E-state index contributed by atoms with van der Waals surface area (Å²) in [5.41, 5.74) is 0.783. The molecule has 98 valence electrons. The molecule has 0 aliphatic carbocycles. The molecule has 18 heavy (non-hydrogen) atoms. The Morgan fingerprint density at radius 2 is 2.22 bits per heavy atom. The number of benzene rings is 1. The minimum atomic E-state index is -2.50. The molecule has 0 radical (unpaired) electrons. The molecule has 1 atom stereocenters. The molecule has 1 heterocycles. The maximum absolute atomic E-state index is 12.4. The largest absolute Gasteiger partial charge is 0.482 e. The van der Waals surface area contributed by atoms with Gasteiger partial charge in [-0.15, -0.1) is 0 Å². The SMILES string of the molecule is CC(Nc1cc2c(cc1Cl)NC(=O)CO2)C(F)F. The summed E-state index contributed by atoms with van der Waals surface area (Å²) in [7, 11) is 0. The van der Waals surface area contributed by atoms with Crippen LogP contribution in [0.4, 0.5) is 20.2 Å². The number of carbonyl (C=O) groups excluding carboxylic acids is 1. The Morgan fingerprint density at radius 3 is 2.89 bits per heavy atom. The van der Waals surface area contributed by atoms with Crippen molar-refractivity contribution in [3.05, 3.63) is 17.2 Å². The third kappa shape index (κ3) is 2.64. The van der Waals surface area contributed by atoms with Crippen molar-refractivity contribution in [2.45, 2.75) is 19.4 Å². The van der Waals surface area contributed by atoms with Gasteiger partial charge >= 0.3 is 0 Å². The van der Waals surface area contributed by atoms with Crippen LogP contribution in [0.5, 0.6) is 5.75 Å². The highest BCUT2D eigenvalue weighted by atomic mass is 35.5. The Labute approximate surface area is 107 Å². The zero-order valence-electron chi connectivity index (χ0n) is 9.47. The number of hydrogen-bond donors (Lipinski definition) is 2. The second-order valence-electron chi connectivity index (χ2n) is 3.93. The van der Waals surface area contributed by atoms with E-state index in [9.17, 15) is 13.6 Å². The topological polar surface area (TPSA) is 50.4 Å². The molecule has 1 aromatic carbocycles. The standard InChI is InChI=1S/C11H11ClF2N2O2/c1-5(11(13)14)15-7-3-9-8(2-6(7)12)16-10(17)4-18-9/h2-3,5,11,15H,4H2,1H3,(H,16,17). The predicted molar refractivity (Wildman–Crippen MR) is 64.7 cm³/mol. The number of amides is 1. The maximum atomic E-state index is 12.4. The Balaban J connectivity index is 2.25. The van der Waals surface area contributed by atoms with E-state index in [2.05, 4.69) is 10.6 Å². The van der Waals surface area contributed by atoms with Crippen LogP contribution in [0.15, 0.2) is 12.1 Å². The number of halogens is 3. The lowest BCUT2D eigenvalue weighted by atomic mass is 10.2. The van der Waals surface area contributed by atoms with Gasteiger partial charge in [0.25, 0.3) is 12.3 Å². The summed E-state index contributed by atoms with van der Waals surface area (Å²) in [4.78, 5) is 11.1. The first-order chi connectivity index (χ1) is 8.47. The fourth-order valence-electron chi connectivity index (χ4n) is 1.52. The van der Waals surface area contributed by atoms with E-state index in [0.717, 1.165) is 0 Å². The normalized spacial score (nSPS) is 15.7. The zero-order chi connectivity index (χ0) is 13.3. The summed E-state index contributed by atoms with van der Waals surface area (Å²) in [6.07, 6.45) is -2.50. The molecule has 0 saturated heterocycles. The Kier molecular flexibility index (Phi) is 3.56. The van der Waals surface area contributed by atoms with E-state index < -0.39 is 12.5 Å². The minimum Gasteiger partial charge on any atom is -0.482 e. The monoisotopic (exact) mass is 276 g/mol. The van der Waals surface area contributed by atoms with Crippen molar-refractivity contribution >= 4 is 28.9 Å². The highest BCUT2D eigenvalue weighted by molar-refractivity contribution is 6.33. The summed E-state index contributed by atoms with van der Waals surface area (Å²) < 4.78 is 30.1. The summed E-state index contributed by atoms with van der Waals surface area (Å²) in [6.45, 7) is 1.25. The third-order valence-corrected chi connectivity index (χ3v) is 2.78. The summed E-state index contributed by atoms with van der Waals surface area (Å²) in [5.74, 6) is 0.128. The van der Waals surface area contributed by atoms with Gasteiger partial charge in [-0.25, -0.2) is 8.78 Å². The molecule has 0 bridgehead atoms. The number of ether oxygens (including phenoxy) is 1. The molecule has 1 aromatic rings. The molecule has 7 heteroatoms. The molecule has 1 unspecified atom stereocenters. The number of fused-ring (bicyclic) bond motifs is 1. The van der Waals surface area contributed by atoms with Crippen molar-refractivity contribution in [1.82, 2.24) is 0 Å². The first kappa shape index (κ1) is 12.9. The van der Waals surface area contributed by atoms with Crippen LogP contribution in [-0.4, -0.2) is 25.0 Å². The highest BCUT2D eigenvalue weighted by Crippen LogP contribution is 2.36. The lowest BCUT2D eigenvalue weighted by molar-refractivity contribution is -0.118. The van der Waals surface area contributed by atoms with Crippen LogP contribution in [0, 0.1) is 0 Å². The summed E-state index contributed by atoms with van der Waals surface area (Å²) in [5, 5.41) is 5.42. The fraction of sp³-hybridized carbons (Fsp3) is 0.364. The molecule has 1 aliphatic heterocycles. The molecular weight excluding hydrogens is 266 g/mol. The van der Waals surface area contributed by atoms with E-state index in [0.29, 0.717) is 17.1 Å². The molecule has 0 spiro atoms. The van der Waals surface area contributed by atoms with Crippen LogP contribution in [0.2, 0.25) is 5.02 Å². The maximum Gasteiger partial charge on any atom is 0.262 e. The zero-order valence-corrected chi connectivity index (χ0v) is 10.2. The van der Waals surface area contributed by atoms with E-state index >= 15 is 0 Å². The lowest BCUT2D eigenvalue weighted by Gasteiger charge is -2.21. The third-order valence-electron chi connectivity index (χ3n) is 2.46. The Bertz CT molecular complexity index is 482. The van der Waals surface area contributed by atoms with Crippen LogP contribution in [0.25, 0.3) is 0 Å². The summed E-state index contributed by atoms with van der Waals surface area (Å²) in [6, 6.07) is 1.93. The molecule has 2 N–H and O–H groups in total. The molecule has 0 saturated carbocycles. The van der Waals surface area contributed by atoms with Crippen molar-refractivity contribution in [2.24, 2.45) is 0 Å². The van der Waals surface area contributed by atoms with Crippen molar-refractivity contribution < 1.29 is 18.3 Å². The first-order valence-electron chi connectivity index (χ1n) is 5.28. The fourth-order valence-corrected chi connectivity index (χ4v) is 1.74. The lowest BCUT2D eigenvalue weighted by Crippen LogP contribution is -2.26. The van der Waals surface area contributed by atoms with Crippen LogP contribution in [0.1, 0.15) is 6.92 Å². The van der Waals surface area contributed by atoms with Gasteiger partial charge in [0.15, 0.2) is 6.61 Å². The Morgan fingerprint density at radius 1 is 1.50 bits per heavy atom. The van der Waals surface area contributed by atoms with Gasteiger partial charge in [-0.3, -0.25) is 4.79 Å². The van der Waals surface area contributed by atoms with E-state index in [4.69, 9.17) is 16.3 Å². The van der Waals surface area contributed by atoms with E-state index in [1.807, 2.05) is 0 Å². The van der Waals surface area contributed by atoms with Gasteiger partial charge in [0.05, 0.1) is 22.4 Å². The van der Waals surface area contributed by atoms with Gasteiger partial charge in [-0.05, 0) is 13.0 Å². The van der Waals surface area contributed by atoms with Crippen molar-refractivity contribution in [2.75, 3.05) is 17.2 Å². The highest BCUT2D eigenvalue weighted by Gasteiger charge is 2.20. The van der Waals surface area contributed by atoms with E-state index in [-0.39, 0.29) is 17.5 Å².